The van der Waals surface area contributed by atoms with Crippen molar-refractivity contribution in [3.8, 4) is 5.75 Å². The summed E-state index contributed by atoms with van der Waals surface area (Å²) >= 11 is 0. The topological polar surface area (TPSA) is 93.9 Å². The van der Waals surface area contributed by atoms with Crippen LogP contribution in [0.1, 0.15) is 5.56 Å². The van der Waals surface area contributed by atoms with Crippen LogP contribution in [0.3, 0.4) is 0 Å². The first-order chi connectivity index (χ1) is 10.6. The van der Waals surface area contributed by atoms with Gasteiger partial charge >= 0.3 is 11.7 Å². The number of benzene rings is 1. The second-order valence-corrected chi connectivity index (χ2v) is 4.95. The average Bonchev–Trinajstić information content (AvgIpc) is 2.54. The van der Waals surface area contributed by atoms with E-state index in [1.807, 2.05) is 0 Å². The monoisotopic (exact) mass is 345 g/mol. The van der Waals surface area contributed by atoms with Gasteiger partial charge in [-0.1, -0.05) is 6.07 Å². The number of ether oxygens (including phenoxy) is 2. The minimum absolute atomic E-state index is 0. The van der Waals surface area contributed by atoms with Crippen LogP contribution in [0.15, 0.2) is 18.2 Å². The molecule has 1 aromatic carbocycles. The molecule has 2 rings (SSSR count). The molecular weight excluding hydrogens is 326 g/mol. The van der Waals surface area contributed by atoms with Crippen LogP contribution in [-0.4, -0.2) is 55.7 Å². The van der Waals surface area contributed by atoms with Crippen molar-refractivity contribution in [2.75, 3.05) is 39.9 Å². The van der Waals surface area contributed by atoms with E-state index in [1.165, 1.54) is 19.2 Å². The van der Waals surface area contributed by atoms with Crippen molar-refractivity contribution < 1.29 is 19.2 Å². The average molecular weight is 346 g/mol. The fourth-order valence-corrected chi connectivity index (χ4v) is 2.25. The smallest absolute Gasteiger partial charge is 0.343 e. The molecule has 8 nitrogen and oxygen atoms in total. The van der Waals surface area contributed by atoms with Gasteiger partial charge in [0.2, 0.25) is 0 Å². The molecule has 1 aromatic rings. The van der Waals surface area contributed by atoms with E-state index in [2.05, 4.69) is 15.0 Å². The number of carbonyl (C=O) groups is 1. The van der Waals surface area contributed by atoms with E-state index in [1.54, 1.807) is 6.07 Å². The van der Waals surface area contributed by atoms with E-state index >= 15 is 0 Å². The highest BCUT2D eigenvalue weighted by Crippen LogP contribution is 2.28. The molecule has 1 aliphatic heterocycles. The summed E-state index contributed by atoms with van der Waals surface area (Å²) in [6.07, 6.45) is 0. The first-order valence-corrected chi connectivity index (χ1v) is 7.00. The number of carbonyl (C=O) groups excluding carboxylic acids is 1. The lowest BCUT2D eigenvalue weighted by molar-refractivity contribution is -0.385. The molecule has 0 atom stereocenters. The van der Waals surface area contributed by atoms with Crippen LogP contribution in [0.25, 0.3) is 0 Å². The number of rotatable bonds is 6. The summed E-state index contributed by atoms with van der Waals surface area (Å²) in [7, 11) is 1.23. The predicted molar refractivity (Wildman–Crippen MR) is 86.0 cm³/mol. The Hall–Kier alpha value is -1.90. The van der Waals surface area contributed by atoms with Gasteiger partial charge in [-0.3, -0.25) is 15.0 Å². The lowest BCUT2D eigenvalue weighted by Crippen LogP contribution is -2.42. The molecule has 0 unspecified atom stereocenters. The lowest BCUT2D eigenvalue weighted by atomic mass is 10.1. The summed E-state index contributed by atoms with van der Waals surface area (Å²) in [5.41, 5.74) is 0.704. The number of methoxy groups -OCH3 is 1. The number of nitro benzene ring substituents is 1. The van der Waals surface area contributed by atoms with E-state index < -0.39 is 10.9 Å². The molecular formula is C14H20ClN3O5. The molecule has 0 bridgehead atoms. The summed E-state index contributed by atoms with van der Waals surface area (Å²) in [5.74, 6) is -0.515. The zero-order chi connectivity index (χ0) is 15.9. The lowest BCUT2D eigenvalue weighted by Gasteiger charge is -2.27. The SMILES string of the molecule is COC(=O)COc1ccc(CN2CCNCC2)cc1[N+](=O)[O-].Cl. The number of nitrogens with one attached hydrogen (secondary N) is 1. The Bertz CT molecular complexity index is 549. The van der Waals surface area contributed by atoms with Crippen LogP contribution in [0.4, 0.5) is 5.69 Å². The van der Waals surface area contributed by atoms with Crippen LogP contribution >= 0.6 is 12.4 Å². The Labute approximate surface area is 140 Å². The van der Waals surface area contributed by atoms with Gasteiger partial charge in [0.05, 0.1) is 12.0 Å². The minimum Gasteiger partial charge on any atom is -0.475 e. The largest absolute Gasteiger partial charge is 0.475 e. The quantitative estimate of drug-likeness (QED) is 0.466. The maximum Gasteiger partial charge on any atom is 0.343 e. The zero-order valence-electron chi connectivity index (χ0n) is 12.8. The Balaban J connectivity index is 0.00000264. The molecule has 0 saturated carbocycles. The van der Waals surface area contributed by atoms with Gasteiger partial charge < -0.3 is 14.8 Å². The Morgan fingerprint density at radius 1 is 1.39 bits per heavy atom. The van der Waals surface area contributed by atoms with Gasteiger partial charge in [0.1, 0.15) is 0 Å². The third kappa shape index (κ3) is 5.66. The van der Waals surface area contributed by atoms with Crippen LogP contribution in [0.5, 0.6) is 5.75 Å². The van der Waals surface area contributed by atoms with E-state index in [4.69, 9.17) is 4.74 Å². The van der Waals surface area contributed by atoms with Crippen molar-refractivity contribution in [1.29, 1.82) is 0 Å². The molecule has 0 aromatic heterocycles. The number of piperazine rings is 1. The summed E-state index contributed by atoms with van der Waals surface area (Å²) < 4.78 is 9.61. The summed E-state index contributed by atoms with van der Waals surface area (Å²) in [6.45, 7) is 3.96. The van der Waals surface area contributed by atoms with Gasteiger partial charge in [0, 0.05) is 38.8 Å². The highest BCUT2D eigenvalue weighted by molar-refractivity contribution is 5.85. The molecule has 1 heterocycles. The van der Waals surface area contributed by atoms with Crippen LogP contribution in [-0.2, 0) is 16.1 Å². The first-order valence-electron chi connectivity index (χ1n) is 7.00. The molecule has 0 amide bonds. The van der Waals surface area contributed by atoms with Crippen molar-refractivity contribution in [2.45, 2.75) is 6.54 Å². The predicted octanol–water partition coefficient (Wildman–Crippen LogP) is 0.974. The van der Waals surface area contributed by atoms with E-state index in [9.17, 15) is 14.9 Å². The zero-order valence-corrected chi connectivity index (χ0v) is 13.6. The molecule has 0 spiro atoms. The summed E-state index contributed by atoms with van der Waals surface area (Å²) in [6, 6.07) is 4.80. The molecule has 0 aliphatic carbocycles. The van der Waals surface area contributed by atoms with Crippen LogP contribution in [0, 0.1) is 10.1 Å². The number of halogens is 1. The Morgan fingerprint density at radius 3 is 2.70 bits per heavy atom. The highest BCUT2D eigenvalue weighted by atomic mass is 35.5. The van der Waals surface area contributed by atoms with Gasteiger partial charge in [-0.15, -0.1) is 12.4 Å². The van der Waals surface area contributed by atoms with Gasteiger partial charge in [-0.25, -0.2) is 4.79 Å². The minimum atomic E-state index is -0.584. The molecule has 23 heavy (non-hydrogen) atoms. The summed E-state index contributed by atoms with van der Waals surface area (Å²) in [4.78, 5) is 24.0. The number of nitro groups is 1. The normalized spacial score (nSPS) is 14.7. The van der Waals surface area contributed by atoms with Gasteiger partial charge in [0.15, 0.2) is 12.4 Å². The van der Waals surface area contributed by atoms with E-state index in [0.717, 1.165) is 31.7 Å². The molecule has 1 N–H and O–H groups in total. The highest BCUT2D eigenvalue weighted by Gasteiger charge is 2.18. The number of nitrogens with zero attached hydrogens (tertiary/aromatic N) is 2. The van der Waals surface area contributed by atoms with Crippen molar-refractivity contribution in [1.82, 2.24) is 10.2 Å². The van der Waals surface area contributed by atoms with Gasteiger partial charge in [-0.2, -0.15) is 0 Å². The fraction of sp³-hybridized carbons (Fsp3) is 0.500. The van der Waals surface area contributed by atoms with Crippen molar-refractivity contribution in [3.63, 3.8) is 0 Å². The van der Waals surface area contributed by atoms with E-state index in [0.29, 0.717) is 6.54 Å². The van der Waals surface area contributed by atoms with Gasteiger partial charge in [0.25, 0.3) is 0 Å². The third-order valence-corrected chi connectivity index (χ3v) is 3.41. The molecule has 1 aliphatic rings. The Kier molecular flexibility index (Phi) is 7.73. The number of hydrogen-bond acceptors (Lipinski definition) is 7. The Morgan fingerprint density at radius 2 is 2.09 bits per heavy atom. The second kappa shape index (κ2) is 9.29. The number of hydrogen-bond donors (Lipinski definition) is 1. The second-order valence-electron chi connectivity index (χ2n) is 4.95. The molecule has 128 valence electrons. The fourth-order valence-electron chi connectivity index (χ4n) is 2.25. The van der Waals surface area contributed by atoms with Crippen molar-refractivity contribution in [3.05, 3.63) is 33.9 Å². The molecule has 9 heteroatoms. The van der Waals surface area contributed by atoms with Gasteiger partial charge in [-0.05, 0) is 11.6 Å². The van der Waals surface area contributed by atoms with Crippen molar-refractivity contribution >= 4 is 24.1 Å². The van der Waals surface area contributed by atoms with Crippen LogP contribution in [0.2, 0.25) is 0 Å². The standard InChI is InChI=1S/C14H19N3O5.ClH/c1-21-14(18)10-22-13-3-2-11(8-12(13)17(19)20)9-16-6-4-15-5-7-16;/h2-3,8,15H,4-7,9-10H2,1H3;1H. The molecule has 1 saturated heterocycles. The number of esters is 1. The maximum atomic E-state index is 11.2. The summed E-state index contributed by atoms with van der Waals surface area (Å²) in [5, 5.41) is 14.4. The van der Waals surface area contributed by atoms with E-state index in [-0.39, 0.29) is 30.5 Å². The van der Waals surface area contributed by atoms with Crippen LogP contribution < -0.4 is 10.1 Å². The first kappa shape index (κ1) is 19.1. The third-order valence-electron chi connectivity index (χ3n) is 3.41. The molecule has 1 fully saturated rings. The maximum absolute atomic E-state index is 11.2. The van der Waals surface area contributed by atoms with Crippen molar-refractivity contribution in [2.24, 2.45) is 0 Å². The molecule has 0 radical (unpaired) electrons.